The van der Waals surface area contributed by atoms with Gasteiger partial charge in [-0.25, -0.2) is 4.79 Å². The number of ketones is 1. The van der Waals surface area contributed by atoms with E-state index >= 15 is 0 Å². The molecule has 3 rings (SSSR count). The van der Waals surface area contributed by atoms with Crippen LogP contribution in [-0.4, -0.2) is 50.8 Å². The predicted molar refractivity (Wildman–Crippen MR) is 82.5 cm³/mol. The number of nitrogens with zero attached hydrogens (tertiary/aromatic N) is 2. The quantitative estimate of drug-likeness (QED) is 0.207. The summed E-state index contributed by atoms with van der Waals surface area (Å²) in [5.41, 5.74) is -0.164. The van der Waals surface area contributed by atoms with Crippen molar-refractivity contribution in [2.75, 3.05) is 0 Å². The average molecular weight is 348 g/mol. The molecule has 0 radical (unpaired) electrons. The van der Waals surface area contributed by atoms with Crippen molar-refractivity contribution in [2.24, 2.45) is 11.8 Å². The number of nitro groups is 1. The monoisotopic (exact) mass is 348 g/mol. The lowest BCUT2D eigenvalue weighted by molar-refractivity contribution is -0.384. The first-order valence-corrected chi connectivity index (χ1v) is 7.74. The number of Topliss-reactive ketones (excluding diaryl/α,β-unsaturated/α-hetero) is 1. The fourth-order valence-electron chi connectivity index (χ4n) is 3.49. The minimum Gasteiger partial charge on any atom is -0.425 e. The zero-order chi connectivity index (χ0) is 18.5. The maximum absolute atomic E-state index is 12.4. The zero-order valence-electron chi connectivity index (χ0n) is 13.5. The Bertz CT molecular complexity index is 758. The van der Waals surface area contributed by atoms with Gasteiger partial charge in [0.1, 0.15) is 5.75 Å². The van der Waals surface area contributed by atoms with Crippen LogP contribution in [-0.2, 0) is 14.4 Å². The van der Waals surface area contributed by atoms with Gasteiger partial charge in [0.05, 0.1) is 23.0 Å². The van der Waals surface area contributed by atoms with E-state index < -0.39 is 52.6 Å². The predicted octanol–water partition coefficient (Wildman–Crippen LogP) is 0.295. The first-order chi connectivity index (χ1) is 11.7. The average Bonchev–Trinajstić information content (AvgIpc) is 2.76. The Morgan fingerprint density at radius 3 is 2.44 bits per heavy atom. The molecule has 0 saturated carbocycles. The highest BCUT2D eigenvalue weighted by molar-refractivity contribution is 6.12. The standard InChI is InChI=1S/C16H16N2O7/c1-7-12-11(8(2)19)15(21)17(12)13(14(7)20)16(22)25-10-5-3-9(4-6-10)18(23)24/h3-8,11-13,19H,1-2H3/t7-,8-,11-,12-,13?/m1/s1. The summed E-state index contributed by atoms with van der Waals surface area (Å²) in [6.07, 6.45) is -0.909. The largest absolute Gasteiger partial charge is 0.425 e. The Hall–Kier alpha value is -2.81. The van der Waals surface area contributed by atoms with Gasteiger partial charge in [-0.2, -0.15) is 0 Å². The van der Waals surface area contributed by atoms with Crippen molar-refractivity contribution in [1.82, 2.24) is 4.90 Å². The smallest absolute Gasteiger partial charge is 0.342 e. The maximum atomic E-state index is 12.4. The van der Waals surface area contributed by atoms with Crippen LogP contribution in [0.15, 0.2) is 24.3 Å². The molecule has 9 nitrogen and oxygen atoms in total. The Labute approximate surface area is 142 Å². The SMILES string of the molecule is C[C@@H](O)[C@H]1C(=O)N2C(C(=O)Oc3ccc([N+](=O)[O-])cc3)C(=O)[C@H](C)[C@H]12. The molecule has 132 valence electrons. The third kappa shape index (κ3) is 2.56. The van der Waals surface area contributed by atoms with Gasteiger partial charge in [-0.3, -0.25) is 19.7 Å². The Morgan fingerprint density at radius 1 is 1.32 bits per heavy atom. The van der Waals surface area contributed by atoms with Crippen LogP contribution in [0.2, 0.25) is 0 Å². The van der Waals surface area contributed by atoms with Crippen molar-refractivity contribution in [3.8, 4) is 5.75 Å². The number of carbonyl (C=O) groups is 3. The molecule has 0 bridgehead atoms. The van der Waals surface area contributed by atoms with Crippen molar-refractivity contribution >= 4 is 23.3 Å². The van der Waals surface area contributed by atoms with E-state index in [0.717, 1.165) is 4.90 Å². The van der Waals surface area contributed by atoms with E-state index in [1.807, 2.05) is 0 Å². The summed E-state index contributed by atoms with van der Waals surface area (Å²) in [7, 11) is 0. The van der Waals surface area contributed by atoms with Gasteiger partial charge >= 0.3 is 5.97 Å². The Kier molecular flexibility index (Phi) is 4.03. The molecule has 2 aliphatic rings. The molecule has 5 atom stereocenters. The fourth-order valence-corrected chi connectivity index (χ4v) is 3.49. The highest BCUT2D eigenvalue weighted by atomic mass is 16.6. The minimum atomic E-state index is -1.35. The Balaban J connectivity index is 1.77. The van der Waals surface area contributed by atoms with Crippen LogP contribution >= 0.6 is 0 Å². The summed E-state index contributed by atoms with van der Waals surface area (Å²) >= 11 is 0. The summed E-state index contributed by atoms with van der Waals surface area (Å²) in [6.45, 7) is 3.08. The number of β-lactam (4-membered cyclic amide) rings is 1. The van der Waals surface area contributed by atoms with Crippen LogP contribution in [0.5, 0.6) is 5.75 Å². The van der Waals surface area contributed by atoms with Crippen LogP contribution in [0.25, 0.3) is 0 Å². The molecule has 9 heteroatoms. The van der Waals surface area contributed by atoms with Gasteiger partial charge in [0.15, 0.2) is 11.8 Å². The summed E-state index contributed by atoms with van der Waals surface area (Å²) < 4.78 is 5.11. The molecule has 0 spiro atoms. The lowest BCUT2D eigenvalue weighted by Crippen LogP contribution is -2.66. The molecule has 2 saturated heterocycles. The second kappa shape index (κ2) is 5.92. The highest BCUT2D eigenvalue weighted by Crippen LogP contribution is 2.43. The van der Waals surface area contributed by atoms with Crippen molar-refractivity contribution in [1.29, 1.82) is 0 Å². The zero-order valence-corrected chi connectivity index (χ0v) is 13.5. The van der Waals surface area contributed by atoms with Crippen LogP contribution in [0.1, 0.15) is 13.8 Å². The highest BCUT2D eigenvalue weighted by Gasteiger charge is 2.64. The molecular formula is C16H16N2O7. The third-order valence-corrected chi connectivity index (χ3v) is 4.75. The summed E-state index contributed by atoms with van der Waals surface area (Å²) in [6, 6.07) is 2.96. The molecule has 2 aliphatic heterocycles. The van der Waals surface area contributed by atoms with Gasteiger partial charge in [0.2, 0.25) is 5.91 Å². The number of carbonyl (C=O) groups excluding carboxylic acids is 3. The Morgan fingerprint density at radius 2 is 1.92 bits per heavy atom. The number of fused-ring (bicyclic) bond motifs is 1. The minimum absolute atomic E-state index is 0.0413. The lowest BCUT2D eigenvalue weighted by Gasteiger charge is -2.46. The third-order valence-electron chi connectivity index (χ3n) is 4.75. The van der Waals surface area contributed by atoms with E-state index in [1.54, 1.807) is 6.92 Å². The molecule has 2 fully saturated rings. The molecule has 0 aromatic heterocycles. The number of non-ortho nitro benzene ring substituents is 1. The molecule has 1 N–H and O–H groups in total. The van der Waals surface area contributed by atoms with Gasteiger partial charge in [-0.05, 0) is 19.1 Å². The van der Waals surface area contributed by atoms with Gasteiger partial charge in [0.25, 0.3) is 5.69 Å². The van der Waals surface area contributed by atoms with Crippen molar-refractivity contribution in [3.63, 3.8) is 0 Å². The van der Waals surface area contributed by atoms with E-state index in [-0.39, 0.29) is 11.4 Å². The maximum Gasteiger partial charge on any atom is 0.342 e. The summed E-state index contributed by atoms with van der Waals surface area (Å²) in [4.78, 5) is 48.1. The second-order valence-electron chi connectivity index (χ2n) is 6.27. The number of benzene rings is 1. The molecule has 1 aromatic rings. The normalized spacial score (nSPS) is 29.0. The van der Waals surface area contributed by atoms with Crippen LogP contribution in [0, 0.1) is 22.0 Å². The van der Waals surface area contributed by atoms with E-state index in [9.17, 15) is 29.6 Å². The van der Waals surface area contributed by atoms with E-state index in [4.69, 9.17) is 4.74 Å². The second-order valence-corrected chi connectivity index (χ2v) is 6.27. The van der Waals surface area contributed by atoms with E-state index in [1.165, 1.54) is 31.2 Å². The first-order valence-electron chi connectivity index (χ1n) is 7.74. The number of aliphatic hydroxyl groups excluding tert-OH is 1. The van der Waals surface area contributed by atoms with Crippen molar-refractivity contribution in [3.05, 3.63) is 34.4 Å². The molecule has 1 aromatic carbocycles. The van der Waals surface area contributed by atoms with Crippen molar-refractivity contribution in [2.45, 2.75) is 32.0 Å². The van der Waals surface area contributed by atoms with Gasteiger partial charge in [-0.15, -0.1) is 0 Å². The van der Waals surface area contributed by atoms with Crippen LogP contribution < -0.4 is 4.74 Å². The topological polar surface area (TPSA) is 127 Å². The number of hydrogen-bond acceptors (Lipinski definition) is 7. The molecule has 1 amide bonds. The number of amides is 1. The van der Waals surface area contributed by atoms with Crippen LogP contribution in [0.3, 0.4) is 0 Å². The number of ether oxygens (including phenoxy) is 1. The number of hydrogen-bond donors (Lipinski definition) is 1. The van der Waals surface area contributed by atoms with Crippen molar-refractivity contribution < 1.29 is 29.2 Å². The fraction of sp³-hybridized carbons (Fsp3) is 0.438. The van der Waals surface area contributed by atoms with E-state index in [0.29, 0.717) is 0 Å². The molecule has 2 heterocycles. The summed E-state index contributed by atoms with van der Waals surface area (Å²) in [5, 5.41) is 20.3. The van der Waals surface area contributed by atoms with E-state index in [2.05, 4.69) is 0 Å². The number of nitro benzene ring substituents is 1. The lowest BCUT2D eigenvalue weighted by atomic mass is 9.79. The number of aliphatic hydroxyl groups is 1. The van der Waals surface area contributed by atoms with Gasteiger partial charge in [-0.1, -0.05) is 6.92 Å². The van der Waals surface area contributed by atoms with Crippen LogP contribution in [0.4, 0.5) is 5.69 Å². The molecule has 0 aliphatic carbocycles. The molecule has 25 heavy (non-hydrogen) atoms. The molecular weight excluding hydrogens is 332 g/mol. The van der Waals surface area contributed by atoms with Gasteiger partial charge in [0, 0.05) is 18.1 Å². The summed E-state index contributed by atoms with van der Waals surface area (Å²) in [5.74, 6) is -3.04. The number of esters is 1. The van der Waals surface area contributed by atoms with Gasteiger partial charge < -0.3 is 14.7 Å². The molecule has 1 unspecified atom stereocenters. The first kappa shape index (κ1) is 17.0. The number of rotatable bonds is 4.